The molecule has 0 aromatic carbocycles. The Morgan fingerprint density at radius 3 is 3.07 bits per heavy atom. The van der Waals surface area contributed by atoms with E-state index in [2.05, 4.69) is 10.3 Å². The summed E-state index contributed by atoms with van der Waals surface area (Å²) >= 11 is 5.70. The van der Waals surface area contributed by atoms with Crippen LogP contribution < -0.4 is 10.1 Å². The molecule has 78 valence electrons. The molecule has 1 unspecified atom stereocenters. The number of pyridine rings is 1. The normalized spacial score (nSPS) is 12.5. The second-order valence-electron chi connectivity index (χ2n) is 2.86. The molecule has 0 aliphatic rings. The highest BCUT2D eigenvalue weighted by atomic mass is 35.5. The first kappa shape index (κ1) is 11.2. The predicted octanol–water partition coefficient (Wildman–Crippen LogP) is 0.694. The lowest BCUT2D eigenvalue weighted by atomic mass is 10.4. The summed E-state index contributed by atoms with van der Waals surface area (Å²) in [4.78, 5) is 3.85. The van der Waals surface area contributed by atoms with Crippen LogP contribution in [0.3, 0.4) is 0 Å². The van der Waals surface area contributed by atoms with Gasteiger partial charge < -0.3 is 15.2 Å². The molecule has 1 rings (SSSR count). The molecule has 0 aliphatic carbocycles. The summed E-state index contributed by atoms with van der Waals surface area (Å²) in [6, 6.07) is 1.65. The number of nitrogens with one attached hydrogen (secondary N) is 1. The second kappa shape index (κ2) is 5.80. The van der Waals surface area contributed by atoms with E-state index < -0.39 is 6.10 Å². The first-order valence-corrected chi connectivity index (χ1v) is 4.66. The summed E-state index contributed by atoms with van der Waals surface area (Å²) in [5.74, 6) is 0.563. The second-order valence-corrected chi connectivity index (χ2v) is 3.30. The minimum atomic E-state index is -0.529. The van der Waals surface area contributed by atoms with Gasteiger partial charge in [0.25, 0.3) is 0 Å². The number of likely N-dealkylation sites (N-methyl/N-ethyl adjacent to an activating group) is 1. The summed E-state index contributed by atoms with van der Waals surface area (Å²) in [5.41, 5.74) is 0. The van der Waals surface area contributed by atoms with Crippen molar-refractivity contribution in [2.45, 2.75) is 6.10 Å². The van der Waals surface area contributed by atoms with Gasteiger partial charge >= 0.3 is 0 Å². The lowest BCUT2D eigenvalue weighted by Crippen LogP contribution is -2.29. The highest BCUT2D eigenvalue weighted by Crippen LogP contribution is 2.14. The zero-order valence-corrected chi connectivity index (χ0v) is 8.66. The largest absolute Gasteiger partial charge is 0.489 e. The van der Waals surface area contributed by atoms with E-state index in [1.165, 1.54) is 6.20 Å². The molecule has 2 N–H and O–H groups in total. The van der Waals surface area contributed by atoms with Crippen molar-refractivity contribution in [2.24, 2.45) is 0 Å². The Hall–Kier alpha value is -0.840. The molecule has 0 saturated heterocycles. The molecule has 0 amide bonds. The van der Waals surface area contributed by atoms with Crippen LogP contribution in [-0.2, 0) is 0 Å². The average Bonchev–Trinajstić information content (AvgIpc) is 2.15. The number of hydrogen-bond acceptors (Lipinski definition) is 4. The zero-order valence-electron chi connectivity index (χ0n) is 7.90. The molecule has 1 aromatic rings. The molecule has 14 heavy (non-hydrogen) atoms. The molecular formula is C9H13ClN2O2. The number of rotatable bonds is 5. The fourth-order valence-electron chi connectivity index (χ4n) is 0.958. The van der Waals surface area contributed by atoms with Crippen LogP contribution in [0.1, 0.15) is 0 Å². The van der Waals surface area contributed by atoms with Gasteiger partial charge in [0.05, 0.1) is 11.2 Å². The third-order valence-electron chi connectivity index (χ3n) is 1.56. The molecule has 1 aromatic heterocycles. The maximum Gasteiger partial charge on any atom is 0.139 e. The van der Waals surface area contributed by atoms with Crippen LogP contribution in [0.15, 0.2) is 18.5 Å². The van der Waals surface area contributed by atoms with Gasteiger partial charge in [-0.25, -0.2) is 0 Å². The first-order valence-electron chi connectivity index (χ1n) is 4.28. The standard InChI is InChI=1S/C9H13ClN2O2/c1-11-4-8(13)6-14-9-2-7(10)3-12-5-9/h2-3,5,8,11,13H,4,6H2,1H3. The van der Waals surface area contributed by atoms with E-state index in [1.807, 2.05) is 0 Å². The third-order valence-corrected chi connectivity index (χ3v) is 1.77. The Balaban J connectivity index is 2.37. The van der Waals surface area contributed by atoms with E-state index in [1.54, 1.807) is 19.3 Å². The average molecular weight is 217 g/mol. The van der Waals surface area contributed by atoms with Crippen molar-refractivity contribution >= 4 is 11.6 Å². The summed E-state index contributed by atoms with van der Waals surface area (Å²) < 4.78 is 5.26. The molecule has 0 aliphatic heterocycles. The van der Waals surface area contributed by atoms with Crippen LogP contribution in [0.25, 0.3) is 0 Å². The number of halogens is 1. The van der Waals surface area contributed by atoms with Gasteiger partial charge in [0, 0.05) is 18.8 Å². The van der Waals surface area contributed by atoms with E-state index in [0.717, 1.165) is 0 Å². The lowest BCUT2D eigenvalue weighted by molar-refractivity contribution is 0.108. The molecule has 0 radical (unpaired) electrons. The Labute approximate surface area is 87.9 Å². The van der Waals surface area contributed by atoms with Crippen molar-refractivity contribution < 1.29 is 9.84 Å². The minimum absolute atomic E-state index is 0.225. The van der Waals surface area contributed by atoms with Gasteiger partial charge in [-0.05, 0) is 7.05 Å². The van der Waals surface area contributed by atoms with Gasteiger partial charge in [-0.3, -0.25) is 4.98 Å². The fourth-order valence-corrected chi connectivity index (χ4v) is 1.12. The van der Waals surface area contributed by atoms with Crippen molar-refractivity contribution in [2.75, 3.05) is 20.2 Å². The molecule has 4 nitrogen and oxygen atoms in total. The zero-order chi connectivity index (χ0) is 10.4. The van der Waals surface area contributed by atoms with E-state index in [9.17, 15) is 5.11 Å². The van der Waals surface area contributed by atoms with E-state index >= 15 is 0 Å². The van der Waals surface area contributed by atoms with Crippen molar-refractivity contribution in [3.8, 4) is 5.75 Å². The Morgan fingerprint density at radius 2 is 2.43 bits per heavy atom. The molecule has 0 saturated carbocycles. The van der Waals surface area contributed by atoms with Gasteiger partial charge in [0.2, 0.25) is 0 Å². The summed E-state index contributed by atoms with van der Waals surface area (Å²) in [5, 5.41) is 12.7. The minimum Gasteiger partial charge on any atom is -0.489 e. The maximum absolute atomic E-state index is 9.34. The third kappa shape index (κ3) is 3.91. The number of nitrogens with zero attached hydrogens (tertiary/aromatic N) is 1. The van der Waals surface area contributed by atoms with Crippen molar-refractivity contribution in [1.82, 2.24) is 10.3 Å². The molecular weight excluding hydrogens is 204 g/mol. The SMILES string of the molecule is CNCC(O)COc1cncc(Cl)c1. The van der Waals surface area contributed by atoms with Crippen LogP contribution in [0, 0.1) is 0 Å². The van der Waals surface area contributed by atoms with E-state index in [0.29, 0.717) is 17.3 Å². The molecule has 1 heterocycles. The highest BCUT2D eigenvalue weighted by Gasteiger charge is 2.03. The smallest absolute Gasteiger partial charge is 0.139 e. The van der Waals surface area contributed by atoms with Crippen LogP contribution in [-0.4, -0.2) is 36.4 Å². The number of ether oxygens (including phenoxy) is 1. The Morgan fingerprint density at radius 1 is 1.64 bits per heavy atom. The lowest BCUT2D eigenvalue weighted by Gasteiger charge is -2.11. The highest BCUT2D eigenvalue weighted by molar-refractivity contribution is 6.30. The molecule has 0 spiro atoms. The van der Waals surface area contributed by atoms with Crippen LogP contribution in [0.2, 0.25) is 5.02 Å². The Kier molecular flexibility index (Phi) is 4.65. The molecule has 0 fully saturated rings. The topological polar surface area (TPSA) is 54.4 Å². The summed E-state index contributed by atoms with van der Waals surface area (Å²) in [6.45, 7) is 0.719. The van der Waals surface area contributed by atoms with Gasteiger partial charge in [0.1, 0.15) is 18.5 Å². The Bertz CT molecular complexity index is 283. The van der Waals surface area contributed by atoms with Gasteiger partial charge in [-0.1, -0.05) is 11.6 Å². The van der Waals surface area contributed by atoms with Crippen molar-refractivity contribution in [3.63, 3.8) is 0 Å². The van der Waals surface area contributed by atoms with Gasteiger partial charge in [0.15, 0.2) is 0 Å². The van der Waals surface area contributed by atoms with Crippen LogP contribution in [0.4, 0.5) is 0 Å². The quantitative estimate of drug-likeness (QED) is 0.761. The monoisotopic (exact) mass is 216 g/mol. The fraction of sp³-hybridized carbons (Fsp3) is 0.444. The summed E-state index contributed by atoms with van der Waals surface area (Å²) in [7, 11) is 1.77. The van der Waals surface area contributed by atoms with E-state index in [-0.39, 0.29) is 6.61 Å². The number of aromatic nitrogens is 1. The van der Waals surface area contributed by atoms with Gasteiger partial charge in [-0.2, -0.15) is 0 Å². The number of aliphatic hydroxyl groups excluding tert-OH is 1. The predicted molar refractivity (Wildman–Crippen MR) is 54.7 cm³/mol. The van der Waals surface area contributed by atoms with Crippen molar-refractivity contribution in [3.05, 3.63) is 23.5 Å². The maximum atomic E-state index is 9.34. The number of aliphatic hydroxyl groups is 1. The first-order chi connectivity index (χ1) is 6.72. The number of hydrogen-bond donors (Lipinski definition) is 2. The van der Waals surface area contributed by atoms with Crippen LogP contribution >= 0.6 is 11.6 Å². The molecule has 5 heteroatoms. The van der Waals surface area contributed by atoms with Crippen molar-refractivity contribution in [1.29, 1.82) is 0 Å². The van der Waals surface area contributed by atoms with Gasteiger partial charge in [-0.15, -0.1) is 0 Å². The molecule has 1 atom stereocenters. The summed E-state index contributed by atoms with van der Waals surface area (Å²) in [6.07, 6.45) is 2.55. The molecule has 0 bridgehead atoms. The van der Waals surface area contributed by atoms with Crippen LogP contribution in [0.5, 0.6) is 5.75 Å². The van der Waals surface area contributed by atoms with E-state index in [4.69, 9.17) is 16.3 Å².